The number of rotatable bonds is 7. The first-order chi connectivity index (χ1) is 16.4. The van der Waals surface area contributed by atoms with Crippen LogP contribution in [0, 0.1) is 0 Å². The number of thioether (sulfide) groups is 1. The van der Waals surface area contributed by atoms with E-state index >= 15 is 0 Å². The summed E-state index contributed by atoms with van der Waals surface area (Å²) in [5.41, 5.74) is 2.71. The van der Waals surface area contributed by atoms with Gasteiger partial charge >= 0.3 is 6.61 Å². The molecular weight excluding hydrogens is 466 g/mol. The molecule has 0 unspecified atom stereocenters. The molecule has 34 heavy (non-hydrogen) atoms. The van der Waals surface area contributed by atoms with Crippen LogP contribution >= 0.6 is 11.8 Å². The van der Waals surface area contributed by atoms with Crippen LogP contribution in [0.4, 0.5) is 13.6 Å². The number of benzene rings is 2. The van der Waals surface area contributed by atoms with Crippen molar-refractivity contribution in [1.82, 2.24) is 9.80 Å². The van der Waals surface area contributed by atoms with E-state index in [1.807, 2.05) is 24.3 Å². The molecule has 0 aromatic heterocycles. The van der Waals surface area contributed by atoms with E-state index in [0.29, 0.717) is 18.7 Å². The second-order valence-electron chi connectivity index (χ2n) is 7.62. The van der Waals surface area contributed by atoms with Crippen molar-refractivity contribution in [2.75, 3.05) is 19.7 Å². The molecule has 3 amide bonds. The van der Waals surface area contributed by atoms with Crippen molar-refractivity contribution in [2.24, 2.45) is 0 Å². The number of nitrogens with zero attached hydrogens (tertiary/aromatic N) is 2. The summed E-state index contributed by atoms with van der Waals surface area (Å²) in [5.74, 6) is -0.913. The van der Waals surface area contributed by atoms with Gasteiger partial charge in [-0.3, -0.25) is 19.3 Å². The quantitative estimate of drug-likeness (QED) is 0.541. The lowest BCUT2D eigenvalue weighted by molar-refractivity contribution is -0.136. The molecule has 7 nitrogen and oxygen atoms in total. The van der Waals surface area contributed by atoms with Gasteiger partial charge in [0, 0.05) is 13.1 Å². The number of carbonyl (C=O) groups excluding carboxylic acids is 3. The first-order valence-corrected chi connectivity index (χ1v) is 11.5. The monoisotopic (exact) mass is 488 g/mol. The zero-order chi connectivity index (χ0) is 24.2. The van der Waals surface area contributed by atoms with Gasteiger partial charge in [-0.15, -0.1) is 0 Å². The van der Waals surface area contributed by atoms with Crippen LogP contribution in [0.2, 0.25) is 0 Å². The van der Waals surface area contributed by atoms with Gasteiger partial charge in [0.1, 0.15) is 6.54 Å². The SMILES string of the molecule is CCOc1cc(/C=C2\SC(=O)N(CC(=O)N3CCc4ccccc4C3)C2=O)ccc1OC(F)F. The Balaban J connectivity index is 1.46. The highest BCUT2D eigenvalue weighted by atomic mass is 32.2. The van der Waals surface area contributed by atoms with E-state index in [0.717, 1.165) is 28.6 Å². The zero-order valence-electron chi connectivity index (χ0n) is 18.3. The second kappa shape index (κ2) is 10.3. The smallest absolute Gasteiger partial charge is 0.387 e. The topological polar surface area (TPSA) is 76.2 Å². The Morgan fingerprint density at radius 3 is 2.65 bits per heavy atom. The van der Waals surface area contributed by atoms with Crippen molar-refractivity contribution < 1.29 is 32.6 Å². The third-order valence-corrected chi connectivity index (χ3v) is 6.34. The minimum atomic E-state index is -3.01. The van der Waals surface area contributed by atoms with Crippen molar-refractivity contribution in [1.29, 1.82) is 0 Å². The first kappa shape index (κ1) is 23.7. The summed E-state index contributed by atoms with van der Waals surface area (Å²) < 4.78 is 35.0. The van der Waals surface area contributed by atoms with Crippen molar-refractivity contribution in [3.05, 3.63) is 64.1 Å². The van der Waals surface area contributed by atoms with Gasteiger partial charge in [0.05, 0.1) is 11.5 Å². The molecule has 178 valence electrons. The van der Waals surface area contributed by atoms with Crippen LogP contribution in [0.25, 0.3) is 6.08 Å². The average molecular weight is 489 g/mol. The molecule has 1 fully saturated rings. The molecule has 10 heteroatoms. The molecule has 0 aliphatic carbocycles. The van der Waals surface area contributed by atoms with Gasteiger partial charge in [-0.25, -0.2) is 0 Å². The fraction of sp³-hybridized carbons (Fsp3) is 0.292. The van der Waals surface area contributed by atoms with Crippen LogP contribution in [0.3, 0.4) is 0 Å². The van der Waals surface area contributed by atoms with Gasteiger partial charge in [-0.1, -0.05) is 30.3 Å². The molecular formula is C24H22F2N2O5S. The molecule has 2 heterocycles. The van der Waals surface area contributed by atoms with Crippen molar-refractivity contribution in [3.8, 4) is 11.5 Å². The predicted octanol–water partition coefficient (Wildman–Crippen LogP) is 4.31. The van der Waals surface area contributed by atoms with E-state index in [1.54, 1.807) is 11.8 Å². The molecule has 2 aromatic rings. The molecule has 0 N–H and O–H groups in total. The normalized spacial score (nSPS) is 16.9. The fourth-order valence-corrected chi connectivity index (χ4v) is 4.65. The molecule has 2 aliphatic rings. The summed E-state index contributed by atoms with van der Waals surface area (Å²) in [7, 11) is 0. The van der Waals surface area contributed by atoms with E-state index < -0.39 is 17.8 Å². The lowest BCUT2D eigenvalue weighted by Gasteiger charge is -2.29. The highest BCUT2D eigenvalue weighted by molar-refractivity contribution is 8.18. The minimum absolute atomic E-state index is 0.0938. The number of halogens is 2. The third kappa shape index (κ3) is 5.22. The highest BCUT2D eigenvalue weighted by Crippen LogP contribution is 2.35. The summed E-state index contributed by atoms with van der Waals surface area (Å²) >= 11 is 0.724. The molecule has 0 bridgehead atoms. The Kier molecular flexibility index (Phi) is 7.16. The van der Waals surface area contributed by atoms with Crippen LogP contribution in [-0.2, 0) is 22.6 Å². The Labute approximate surface area is 199 Å². The lowest BCUT2D eigenvalue weighted by atomic mass is 10.00. The average Bonchev–Trinajstić information content (AvgIpc) is 3.07. The summed E-state index contributed by atoms with van der Waals surface area (Å²) in [6, 6.07) is 12.1. The molecule has 0 radical (unpaired) electrons. The van der Waals surface area contributed by atoms with Crippen molar-refractivity contribution >= 4 is 34.9 Å². The van der Waals surface area contributed by atoms with Crippen LogP contribution in [0.5, 0.6) is 11.5 Å². The summed E-state index contributed by atoms with van der Waals surface area (Å²) in [6.45, 7) is -0.462. The third-order valence-electron chi connectivity index (χ3n) is 5.43. The molecule has 0 spiro atoms. The number of ether oxygens (including phenoxy) is 2. The Morgan fingerprint density at radius 2 is 1.91 bits per heavy atom. The maximum Gasteiger partial charge on any atom is 0.387 e. The van der Waals surface area contributed by atoms with E-state index in [2.05, 4.69) is 4.74 Å². The number of amides is 3. The molecule has 0 atom stereocenters. The highest BCUT2D eigenvalue weighted by Gasteiger charge is 2.37. The number of hydrogen-bond donors (Lipinski definition) is 0. The number of carbonyl (C=O) groups is 3. The number of imide groups is 1. The minimum Gasteiger partial charge on any atom is -0.490 e. The largest absolute Gasteiger partial charge is 0.490 e. The Bertz CT molecular complexity index is 1150. The molecule has 4 rings (SSSR count). The summed E-state index contributed by atoms with van der Waals surface area (Å²) in [5, 5.41) is -0.537. The van der Waals surface area contributed by atoms with Crippen LogP contribution in [-0.4, -0.2) is 53.2 Å². The molecule has 1 saturated heterocycles. The van der Waals surface area contributed by atoms with E-state index in [1.165, 1.54) is 29.8 Å². The van der Waals surface area contributed by atoms with E-state index in [9.17, 15) is 23.2 Å². The van der Waals surface area contributed by atoms with Gasteiger partial charge in [-0.05, 0) is 60.0 Å². The Morgan fingerprint density at radius 1 is 1.15 bits per heavy atom. The van der Waals surface area contributed by atoms with Crippen molar-refractivity contribution in [3.63, 3.8) is 0 Å². The molecule has 2 aromatic carbocycles. The van der Waals surface area contributed by atoms with Gasteiger partial charge < -0.3 is 14.4 Å². The van der Waals surface area contributed by atoms with Gasteiger partial charge in [0.15, 0.2) is 11.5 Å². The van der Waals surface area contributed by atoms with Gasteiger partial charge in [-0.2, -0.15) is 8.78 Å². The maximum absolute atomic E-state index is 12.9. The molecule has 2 aliphatic heterocycles. The number of hydrogen-bond acceptors (Lipinski definition) is 6. The van der Waals surface area contributed by atoms with Gasteiger partial charge in [0.25, 0.3) is 11.1 Å². The van der Waals surface area contributed by atoms with Gasteiger partial charge in [0.2, 0.25) is 5.91 Å². The Hall–Kier alpha value is -3.40. The first-order valence-electron chi connectivity index (χ1n) is 10.7. The van der Waals surface area contributed by atoms with E-state index in [-0.39, 0.29) is 35.5 Å². The van der Waals surface area contributed by atoms with Crippen LogP contribution < -0.4 is 9.47 Å². The number of fused-ring (bicyclic) bond motifs is 1. The summed E-state index contributed by atoms with van der Waals surface area (Å²) in [6.07, 6.45) is 2.18. The fourth-order valence-electron chi connectivity index (χ4n) is 3.81. The van der Waals surface area contributed by atoms with Crippen LogP contribution in [0.1, 0.15) is 23.6 Å². The standard InChI is InChI=1S/C24H22F2N2O5S/c1-2-32-19-11-15(7-8-18(19)33-23(25)26)12-20-22(30)28(24(31)34-20)14-21(29)27-10-9-16-5-3-4-6-17(16)13-27/h3-8,11-12,23H,2,9-10,13-14H2,1H3/b20-12-. The lowest BCUT2D eigenvalue weighted by Crippen LogP contribution is -2.44. The second-order valence-corrected chi connectivity index (χ2v) is 8.61. The van der Waals surface area contributed by atoms with Crippen LogP contribution in [0.15, 0.2) is 47.4 Å². The van der Waals surface area contributed by atoms with E-state index in [4.69, 9.17) is 4.74 Å². The number of alkyl halides is 2. The summed E-state index contributed by atoms with van der Waals surface area (Å²) in [4.78, 5) is 40.9. The zero-order valence-corrected chi connectivity index (χ0v) is 19.1. The maximum atomic E-state index is 12.9. The van der Waals surface area contributed by atoms with Crippen molar-refractivity contribution in [2.45, 2.75) is 26.5 Å². The molecule has 0 saturated carbocycles. The predicted molar refractivity (Wildman–Crippen MR) is 122 cm³/mol.